The SMILES string of the molecule is COCCOC(=O)C1=C(C)Nc2nc3ccccc3n2C1c1cccc(Cl)c1. The van der Waals surface area contributed by atoms with E-state index in [-0.39, 0.29) is 6.61 Å². The molecule has 1 unspecified atom stereocenters. The first-order chi connectivity index (χ1) is 13.6. The summed E-state index contributed by atoms with van der Waals surface area (Å²) in [6.07, 6.45) is 0. The van der Waals surface area contributed by atoms with Crippen LogP contribution in [0.25, 0.3) is 11.0 Å². The number of aromatic nitrogens is 2. The molecular weight excluding hydrogens is 378 g/mol. The number of fused-ring (bicyclic) bond motifs is 3. The van der Waals surface area contributed by atoms with Gasteiger partial charge in [0.25, 0.3) is 0 Å². The Morgan fingerprint density at radius 3 is 2.82 bits per heavy atom. The second-order valence-electron chi connectivity index (χ2n) is 6.54. The van der Waals surface area contributed by atoms with Gasteiger partial charge in [-0.25, -0.2) is 9.78 Å². The van der Waals surface area contributed by atoms with E-state index in [1.807, 2.05) is 60.0 Å². The quantitative estimate of drug-likeness (QED) is 0.517. The predicted molar refractivity (Wildman–Crippen MR) is 108 cm³/mol. The molecule has 0 saturated heterocycles. The lowest BCUT2D eigenvalue weighted by atomic mass is 9.95. The molecular formula is C21H20ClN3O3. The zero-order valence-electron chi connectivity index (χ0n) is 15.6. The van der Waals surface area contributed by atoms with Crippen LogP contribution in [0.3, 0.4) is 0 Å². The molecule has 0 fully saturated rings. The number of imidazole rings is 1. The van der Waals surface area contributed by atoms with Gasteiger partial charge in [-0.1, -0.05) is 35.9 Å². The third-order valence-electron chi connectivity index (χ3n) is 4.74. The lowest BCUT2D eigenvalue weighted by Gasteiger charge is -2.30. The maximum atomic E-state index is 13.0. The minimum Gasteiger partial charge on any atom is -0.460 e. The molecule has 0 amide bonds. The molecule has 0 aliphatic carbocycles. The van der Waals surface area contributed by atoms with Crippen molar-refractivity contribution in [2.75, 3.05) is 25.6 Å². The molecule has 1 aliphatic rings. The van der Waals surface area contributed by atoms with Gasteiger partial charge in [0.15, 0.2) is 0 Å². The van der Waals surface area contributed by atoms with Gasteiger partial charge in [0, 0.05) is 17.8 Å². The fraction of sp³-hybridized carbons (Fsp3) is 0.238. The first-order valence-corrected chi connectivity index (χ1v) is 9.34. The van der Waals surface area contributed by atoms with Crippen LogP contribution < -0.4 is 5.32 Å². The van der Waals surface area contributed by atoms with Crippen LogP contribution in [-0.4, -0.2) is 35.8 Å². The second kappa shape index (κ2) is 7.66. The smallest absolute Gasteiger partial charge is 0.338 e. The van der Waals surface area contributed by atoms with E-state index < -0.39 is 12.0 Å². The third-order valence-corrected chi connectivity index (χ3v) is 4.97. The Bertz CT molecular complexity index is 1070. The number of allylic oxidation sites excluding steroid dienone is 1. The number of nitrogens with zero attached hydrogens (tertiary/aromatic N) is 2. The summed E-state index contributed by atoms with van der Waals surface area (Å²) >= 11 is 6.26. The summed E-state index contributed by atoms with van der Waals surface area (Å²) in [5, 5.41) is 3.85. The van der Waals surface area contributed by atoms with E-state index in [0.717, 1.165) is 16.6 Å². The predicted octanol–water partition coefficient (Wildman–Crippen LogP) is 4.17. The van der Waals surface area contributed by atoms with Crippen molar-refractivity contribution < 1.29 is 14.3 Å². The summed E-state index contributed by atoms with van der Waals surface area (Å²) < 4.78 is 12.5. The summed E-state index contributed by atoms with van der Waals surface area (Å²) in [5.74, 6) is 0.285. The highest BCUT2D eigenvalue weighted by molar-refractivity contribution is 6.30. The van der Waals surface area contributed by atoms with E-state index in [9.17, 15) is 4.79 Å². The molecule has 1 atom stereocenters. The maximum Gasteiger partial charge on any atom is 0.338 e. The molecule has 7 heteroatoms. The van der Waals surface area contributed by atoms with Crippen LogP contribution >= 0.6 is 11.6 Å². The standard InChI is InChI=1S/C21H20ClN3O3/c1-13-18(20(26)28-11-10-27-2)19(14-6-5-7-15(22)12-14)25-17-9-4-3-8-16(17)24-21(25)23-13/h3-9,12,19H,10-11H2,1-2H3,(H,23,24). The van der Waals surface area contributed by atoms with E-state index in [4.69, 9.17) is 21.1 Å². The fourth-order valence-electron chi connectivity index (χ4n) is 3.52. The maximum absolute atomic E-state index is 13.0. The van der Waals surface area contributed by atoms with Crippen molar-refractivity contribution in [1.29, 1.82) is 0 Å². The minimum atomic E-state index is -0.405. The van der Waals surface area contributed by atoms with E-state index in [0.29, 0.717) is 28.8 Å². The number of hydrogen-bond donors (Lipinski definition) is 1. The highest BCUT2D eigenvalue weighted by atomic mass is 35.5. The molecule has 0 bridgehead atoms. The van der Waals surface area contributed by atoms with Crippen molar-refractivity contribution in [2.45, 2.75) is 13.0 Å². The van der Waals surface area contributed by atoms with Crippen LogP contribution in [0.1, 0.15) is 18.5 Å². The molecule has 0 spiro atoms. The number of carbonyl (C=O) groups is 1. The van der Waals surface area contributed by atoms with Gasteiger partial charge in [-0.2, -0.15) is 0 Å². The van der Waals surface area contributed by atoms with Crippen molar-refractivity contribution in [3.05, 3.63) is 70.4 Å². The molecule has 1 N–H and O–H groups in total. The number of rotatable bonds is 5. The number of benzene rings is 2. The van der Waals surface area contributed by atoms with E-state index in [2.05, 4.69) is 10.3 Å². The first-order valence-electron chi connectivity index (χ1n) is 8.96. The molecule has 6 nitrogen and oxygen atoms in total. The fourth-order valence-corrected chi connectivity index (χ4v) is 3.71. The zero-order chi connectivity index (χ0) is 19.7. The van der Waals surface area contributed by atoms with Gasteiger partial charge in [-0.15, -0.1) is 0 Å². The van der Waals surface area contributed by atoms with E-state index in [1.165, 1.54) is 0 Å². The molecule has 0 radical (unpaired) electrons. The molecule has 4 rings (SSSR count). The number of halogens is 1. The number of nitrogens with one attached hydrogen (secondary N) is 1. The Balaban J connectivity index is 1.88. The highest BCUT2D eigenvalue weighted by Crippen LogP contribution is 2.39. The van der Waals surface area contributed by atoms with Crippen molar-refractivity contribution in [3.63, 3.8) is 0 Å². The minimum absolute atomic E-state index is 0.186. The van der Waals surface area contributed by atoms with Crippen LogP contribution in [0.4, 0.5) is 5.95 Å². The van der Waals surface area contributed by atoms with Gasteiger partial charge in [0.1, 0.15) is 6.61 Å². The van der Waals surface area contributed by atoms with Gasteiger partial charge in [0.05, 0.1) is 29.3 Å². The van der Waals surface area contributed by atoms with Crippen molar-refractivity contribution >= 4 is 34.6 Å². The second-order valence-corrected chi connectivity index (χ2v) is 6.98. The highest BCUT2D eigenvalue weighted by Gasteiger charge is 2.35. The van der Waals surface area contributed by atoms with Gasteiger partial charge in [-0.3, -0.25) is 4.57 Å². The number of methoxy groups -OCH3 is 1. The Labute approximate surface area is 167 Å². The normalized spacial score (nSPS) is 16.0. The topological polar surface area (TPSA) is 65.4 Å². The molecule has 2 heterocycles. The molecule has 144 valence electrons. The van der Waals surface area contributed by atoms with Crippen LogP contribution in [0, 0.1) is 0 Å². The monoisotopic (exact) mass is 397 g/mol. The average Bonchev–Trinajstić information content (AvgIpc) is 3.04. The summed E-state index contributed by atoms with van der Waals surface area (Å²) in [4.78, 5) is 17.7. The van der Waals surface area contributed by atoms with E-state index >= 15 is 0 Å². The molecule has 1 aromatic heterocycles. The molecule has 1 aliphatic heterocycles. The van der Waals surface area contributed by atoms with Crippen LogP contribution in [-0.2, 0) is 14.3 Å². The number of esters is 1. The van der Waals surface area contributed by atoms with Gasteiger partial charge >= 0.3 is 5.97 Å². The lowest BCUT2D eigenvalue weighted by Crippen LogP contribution is -2.29. The summed E-state index contributed by atoms with van der Waals surface area (Å²) in [5.41, 5.74) is 3.88. The molecule has 28 heavy (non-hydrogen) atoms. The van der Waals surface area contributed by atoms with Crippen molar-refractivity contribution in [3.8, 4) is 0 Å². The van der Waals surface area contributed by atoms with Crippen molar-refractivity contribution in [1.82, 2.24) is 9.55 Å². The summed E-state index contributed by atoms with van der Waals surface area (Å²) in [7, 11) is 1.57. The van der Waals surface area contributed by atoms with E-state index in [1.54, 1.807) is 7.11 Å². The molecule has 3 aromatic rings. The molecule has 2 aromatic carbocycles. The lowest BCUT2D eigenvalue weighted by molar-refractivity contribution is -0.140. The number of hydrogen-bond acceptors (Lipinski definition) is 5. The van der Waals surface area contributed by atoms with Crippen molar-refractivity contribution in [2.24, 2.45) is 0 Å². The van der Waals surface area contributed by atoms with Crippen LogP contribution in [0.2, 0.25) is 5.02 Å². The summed E-state index contributed by atoms with van der Waals surface area (Å²) in [6, 6.07) is 14.9. The first kappa shape index (κ1) is 18.5. The largest absolute Gasteiger partial charge is 0.460 e. The number of carbonyl (C=O) groups excluding carboxylic acids is 1. The Morgan fingerprint density at radius 1 is 1.21 bits per heavy atom. The third kappa shape index (κ3) is 3.25. The Hall–Kier alpha value is -2.83. The Morgan fingerprint density at radius 2 is 2.04 bits per heavy atom. The van der Waals surface area contributed by atoms with Crippen LogP contribution in [0.5, 0.6) is 0 Å². The van der Waals surface area contributed by atoms with Gasteiger partial charge in [-0.05, 0) is 36.8 Å². The van der Waals surface area contributed by atoms with Gasteiger partial charge in [0.2, 0.25) is 5.95 Å². The number of ether oxygens (including phenoxy) is 2. The number of anilines is 1. The average molecular weight is 398 g/mol. The Kier molecular flexibility index (Phi) is 5.07. The zero-order valence-corrected chi connectivity index (χ0v) is 16.4. The summed E-state index contributed by atoms with van der Waals surface area (Å²) in [6.45, 7) is 2.38. The number of para-hydroxylation sites is 2. The van der Waals surface area contributed by atoms with Gasteiger partial charge < -0.3 is 14.8 Å². The molecule has 0 saturated carbocycles. The van der Waals surface area contributed by atoms with Crippen LogP contribution in [0.15, 0.2) is 59.8 Å².